The fourth-order valence-corrected chi connectivity index (χ4v) is 1.02. The van der Waals surface area contributed by atoms with E-state index in [4.69, 9.17) is 5.11 Å². The first kappa shape index (κ1) is 13.9. The van der Waals surface area contributed by atoms with Gasteiger partial charge in [0.25, 0.3) is 0 Å². The van der Waals surface area contributed by atoms with Crippen molar-refractivity contribution < 1.29 is 32.6 Å². The summed E-state index contributed by atoms with van der Waals surface area (Å²) in [5.74, 6) is -3.26. The van der Waals surface area contributed by atoms with Gasteiger partial charge in [0, 0.05) is 6.42 Å². The lowest BCUT2D eigenvalue weighted by molar-refractivity contribution is -0.142. The Balaban J connectivity index is 3.24. The molecule has 0 atom stereocenters. The number of ether oxygens (including phenoxy) is 1. The molecule has 1 aromatic heterocycles. The summed E-state index contributed by atoms with van der Waals surface area (Å²) in [7, 11) is 0. The van der Waals surface area contributed by atoms with Crippen molar-refractivity contribution in [3.63, 3.8) is 0 Å². The van der Waals surface area contributed by atoms with Gasteiger partial charge < -0.3 is 9.84 Å². The summed E-state index contributed by atoms with van der Waals surface area (Å²) >= 11 is 0. The number of hydrogen-bond donors (Lipinski definition) is 1. The van der Waals surface area contributed by atoms with Crippen LogP contribution in [0, 0.1) is 0 Å². The van der Waals surface area contributed by atoms with E-state index < -0.39 is 35.3 Å². The van der Waals surface area contributed by atoms with Crippen LogP contribution in [0.4, 0.5) is 13.2 Å². The molecule has 98 valence electrons. The van der Waals surface area contributed by atoms with E-state index in [9.17, 15) is 22.8 Å². The normalized spacial score (nSPS) is 11.1. The average Bonchev–Trinajstić information content (AvgIpc) is 2.27. The molecule has 0 aromatic carbocycles. The third-order valence-electron chi connectivity index (χ3n) is 1.88. The molecule has 0 fully saturated rings. The zero-order valence-electron chi connectivity index (χ0n) is 9.11. The lowest BCUT2D eigenvalue weighted by Gasteiger charge is -2.09. The van der Waals surface area contributed by atoms with Crippen LogP contribution in [0.1, 0.15) is 29.4 Å². The minimum absolute atomic E-state index is 0.114. The van der Waals surface area contributed by atoms with E-state index >= 15 is 0 Å². The summed E-state index contributed by atoms with van der Waals surface area (Å²) < 4.78 is 41.6. The Kier molecular flexibility index (Phi) is 3.89. The Bertz CT molecular complexity index is 485. The molecule has 8 heteroatoms. The lowest BCUT2D eigenvalue weighted by Crippen LogP contribution is -2.15. The molecular weight excluding hydrogens is 255 g/mol. The number of carboxylic acid groups (broad SMARTS) is 1. The van der Waals surface area contributed by atoms with Crippen molar-refractivity contribution in [2.75, 3.05) is 0 Å². The van der Waals surface area contributed by atoms with Crippen LogP contribution in [0.15, 0.2) is 12.1 Å². The number of nitrogens with zero attached hydrogens (tertiary/aromatic N) is 1. The van der Waals surface area contributed by atoms with Crippen LogP contribution in [-0.4, -0.2) is 22.0 Å². The number of pyridine rings is 1. The second-order valence-corrected chi connectivity index (χ2v) is 3.18. The number of alkyl halides is 3. The smallest absolute Gasteiger partial charge is 0.433 e. The Morgan fingerprint density at radius 1 is 1.39 bits per heavy atom. The van der Waals surface area contributed by atoms with Gasteiger partial charge in [0.05, 0.1) is 0 Å². The van der Waals surface area contributed by atoms with Crippen molar-refractivity contribution in [3.8, 4) is 5.88 Å². The predicted molar refractivity (Wildman–Crippen MR) is 52.1 cm³/mol. The Labute approximate surface area is 99.2 Å². The Morgan fingerprint density at radius 2 is 2.00 bits per heavy atom. The monoisotopic (exact) mass is 263 g/mol. The third-order valence-corrected chi connectivity index (χ3v) is 1.88. The SMILES string of the molecule is CCC(=O)Oc1nc(C(F)(F)F)ccc1C(=O)O. The van der Waals surface area contributed by atoms with E-state index in [0.717, 1.165) is 0 Å². The maximum Gasteiger partial charge on any atom is 0.433 e. The molecule has 1 N–H and O–H groups in total. The first-order chi connectivity index (χ1) is 8.25. The van der Waals surface area contributed by atoms with E-state index in [1.807, 2.05) is 0 Å². The number of rotatable bonds is 3. The highest BCUT2D eigenvalue weighted by molar-refractivity contribution is 5.91. The number of halogens is 3. The van der Waals surface area contributed by atoms with E-state index in [2.05, 4.69) is 9.72 Å². The quantitative estimate of drug-likeness (QED) is 0.845. The summed E-state index contributed by atoms with van der Waals surface area (Å²) in [6.07, 6.45) is -4.86. The lowest BCUT2D eigenvalue weighted by atomic mass is 10.2. The van der Waals surface area contributed by atoms with Crippen LogP contribution < -0.4 is 4.74 Å². The number of esters is 1. The van der Waals surface area contributed by atoms with Crippen molar-refractivity contribution in [2.24, 2.45) is 0 Å². The summed E-state index contributed by atoms with van der Waals surface area (Å²) in [6.45, 7) is 1.41. The van der Waals surface area contributed by atoms with Crippen molar-refractivity contribution in [1.82, 2.24) is 4.98 Å². The van der Waals surface area contributed by atoms with Gasteiger partial charge in [0.2, 0.25) is 5.88 Å². The molecule has 0 saturated heterocycles. The van der Waals surface area contributed by atoms with E-state index in [-0.39, 0.29) is 6.42 Å². The topological polar surface area (TPSA) is 76.5 Å². The average molecular weight is 263 g/mol. The molecule has 0 spiro atoms. The Hall–Kier alpha value is -2.12. The second-order valence-electron chi connectivity index (χ2n) is 3.18. The fourth-order valence-electron chi connectivity index (χ4n) is 1.02. The van der Waals surface area contributed by atoms with Crippen LogP contribution in [-0.2, 0) is 11.0 Å². The van der Waals surface area contributed by atoms with Gasteiger partial charge in [-0.1, -0.05) is 6.92 Å². The molecule has 0 aliphatic heterocycles. The van der Waals surface area contributed by atoms with Crippen LogP contribution in [0.3, 0.4) is 0 Å². The molecule has 0 unspecified atom stereocenters. The van der Waals surface area contributed by atoms with Crippen molar-refractivity contribution >= 4 is 11.9 Å². The summed E-state index contributed by atoms with van der Waals surface area (Å²) in [6, 6.07) is 1.20. The third kappa shape index (κ3) is 3.19. The maximum absolute atomic E-state index is 12.4. The first-order valence-electron chi connectivity index (χ1n) is 4.78. The number of aromatic nitrogens is 1. The van der Waals surface area contributed by atoms with Crippen LogP contribution in [0.25, 0.3) is 0 Å². The van der Waals surface area contributed by atoms with Gasteiger partial charge >= 0.3 is 18.1 Å². The molecular formula is C10H8F3NO4. The van der Waals surface area contributed by atoms with Gasteiger partial charge in [-0.3, -0.25) is 4.79 Å². The van der Waals surface area contributed by atoms with E-state index in [1.165, 1.54) is 6.92 Å². The van der Waals surface area contributed by atoms with E-state index in [1.54, 1.807) is 0 Å². The van der Waals surface area contributed by atoms with Gasteiger partial charge in [-0.25, -0.2) is 9.78 Å². The van der Waals surface area contributed by atoms with Crippen LogP contribution in [0.5, 0.6) is 5.88 Å². The highest BCUT2D eigenvalue weighted by atomic mass is 19.4. The van der Waals surface area contributed by atoms with Crippen LogP contribution in [0.2, 0.25) is 0 Å². The zero-order valence-corrected chi connectivity index (χ0v) is 9.11. The second kappa shape index (κ2) is 5.03. The molecule has 1 rings (SSSR count). The summed E-state index contributed by atoms with van der Waals surface area (Å²) in [5.41, 5.74) is -1.93. The summed E-state index contributed by atoms with van der Waals surface area (Å²) in [4.78, 5) is 24.7. The number of carbonyl (C=O) groups excluding carboxylic acids is 1. The highest BCUT2D eigenvalue weighted by Gasteiger charge is 2.34. The molecule has 0 amide bonds. The number of aromatic carboxylic acids is 1. The molecule has 18 heavy (non-hydrogen) atoms. The van der Waals surface area contributed by atoms with Crippen molar-refractivity contribution in [3.05, 3.63) is 23.4 Å². The standard InChI is InChI=1S/C10H8F3NO4/c1-2-7(15)18-8-5(9(16)17)3-4-6(14-8)10(11,12)13/h3-4H,2H2,1H3,(H,16,17). The fraction of sp³-hybridized carbons (Fsp3) is 0.300. The minimum Gasteiger partial charge on any atom is -0.477 e. The molecule has 1 aromatic rings. The molecule has 0 bridgehead atoms. The predicted octanol–water partition coefficient (Wildman–Crippen LogP) is 2.11. The summed E-state index contributed by atoms with van der Waals surface area (Å²) in [5, 5.41) is 8.73. The highest BCUT2D eigenvalue weighted by Crippen LogP contribution is 2.30. The minimum atomic E-state index is -4.75. The van der Waals surface area contributed by atoms with E-state index in [0.29, 0.717) is 12.1 Å². The molecule has 1 heterocycles. The number of carboxylic acids is 1. The molecule has 0 aliphatic rings. The Morgan fingerprint density at radius 3 is 2.44 bits per heavy atom. The van der Waals surface area contributed by atoms with Gasteiger partial charge in [-0.05, 0) is 12.1 Å². The van der Waals surface area contributed by atoms with Gasteiger partial charge in [-0.15, -0.1) is 0 Å². The zero-order chi connectivity index (χ0) is 13.9. The first-order valence-corrected chi connectivity index (χ1v) is 4.78. The molecule has 0 saturated carbocycles. The van der Waals surface area contributed by atoms with Crippen molar-refractivity contribution in [2.45, 2.75) is 19.5 Å². The van der Waals surface area contributed by atoms with Crippen LogP contribution >= 0.6 is 0 Å². The van der Waals surface area contributed by atoms with Gasteiger partial charge in [0.1, 0.15) is 11.3 Å². The van der Waals surface area contributed by atoms with Gasteiger partial charge in [0.15, 0.2) is 0 Å². The number of hydrogen-bond acceptors (Lipinski definition) is 4. The molecule has 0 aliphatic carbocycles. The number of carbonyl (C=O) groups is 2. The largest absolute Gasteiger partial charge is 0.477 e. The maximum atomic E-state index is 12.4. The van der Waals surface area contributed by atoms with Crippen molar-refractivity contribution in [1.29, 1.82) is 0 Å². The molecule has 0 radical (unpaired) electrons. The van der Waals surface area contributed by atoms with Gasteiger partial charge in [-0.2, -0.15) is 13.2 Å². The molecule has 5 nitrogen and oxygen atoms in total.